The van der Waals surface area contributed by atoms with Gasteiger partial charge < -0.3 is 0 Å². The standard InChI is InChI=1S/C17H11N5O4/c1-10-7-16-18-19-17(11-3-2-4-12(8-11)21(23)24)20(16)15-6-5-13(22(25)26)9-14(10)15/h2-9H,1H3. The number of rotatable bonds is 3. The molecule has 2 aromatic heterocycles. The first-order chi connectivity index (χ1) is 12.5. The second-order valence-electron chi connectivity index (χ2n) is 5.81. The number of hydrogen-bond acceptors (Lipinski definition) is 6. The number of hydrogen-bond donors (Lipinski definition) is 0. The molecule has 0 atom stereocenters. The molecule has 0 aliphatic carbocycles. The zero-order valence-electron chi connectivity index (χ0n) is 13.5. The molecule has 0 bridgehead atoms. The Kier molecular flexibility index (Phi) is 3.36. The van der Waals surface area contributed by atoms with Gasteiger partial charge in [-0.2, -0.15) is 0 Å². The summed E-state index contributed by atoms with van der Waals surface area (Å²) < 4.78 is 1.74. The summed E-state index contributed by atoms with van der Waals surface area (Å²) in [4.78, 5) is 21.2. The lowest BCUT2D eigenvalue weighted by Crippen LogP contribution is -1.96. The molecule has 9 nitrogen and oxygen atoms in total. The Labute approximate surface area is 145 Å². The van der Waals surface area contributed by atoms with Crippen LogP contribution < -0.4 is 0 Å². The molecule has 0 fully saturated rings. The molecule has 0 saturated heterocycles. The number of aryl methyl sites for hydroxylation is 1. The average molecular weight is 349 g/mol. The fourth-order valence-corrected chi connectivity index (χ4v) is 2.99. The van der Waals surface area contributed by atoms with E-state index in [1.165, 1.54) is 24.3 Å². The third kappa shape index (κ3) is 2.34. The van der Waals surface area contributed by atoms with Crippen LogP contribution in [0.15, 0.2) is 48.5 Å². The zero-order chi connectivity index (χ0) is 18.4. The van der Waals surface area contributed by atoms with Crippen molar-refractivity contribution in [3.8, 4) is 11.4 Å². The van der Waals surface area contributed by atoms with E-state index in [0.29, 0.717) is 27.9 Å². The van der Waals surface area contributed by atoms with Crippen molar-refractivity contribution in [1.82, 2.24) is 14.6 Å². The number of nitro benzene ring substituents is 2. The van der Waals surface area contributed by atoms with E-state index in [4.69, 9.17) is 0 Å². The third-order valence-electron chi connectivity index (χ3n) is 4.21. The number of pyridine rings is 1. The number of fused-ring (bicyclic) bond motifs is 3. The molecule has 2 heterocycles. The molecule has 0 spiro atoms. The van der Waals surface area contributed by atoms with Crippen LogP contribution in [-0.2, 0) is 0 Å². The van der Waals surface area contributed by atoms with E-state index in [1.807, 2.05) is 6.92 Å². The first kappa shape index (κ1) is 15.6. The van der Waals surface area contributed by atoms with Gasteiger partial charge in [0.05, 0.1) is 15.4 Å². The number of nitro groups is 2. The molecule has 0 radical (unpaired) electrons. The largest absolute Gasteiger partial charge is 0.275 e. The fourth-order valence-electron chi connectivity index (χ4n) is 2.99. The Morgan fingerprint density at radius 1 is 0.923 bits per heavy atom. The summed E-state index contributed by atoms with van der Waals surface area (Å²) >= 11 is 0. The van der Waals surface area contributed by atoms with Crippen molar-refractivity contribution in [3.63, 3.8) is 0 Å². The van der Waals surface area contributed by atoms with Crippen LogP contribution in [0.3, 0.4) is 0 Å². The maximum absolute atomic E-state index is 11.1. The van der Waals surface area contributed by atoms with Gasteiger partial charge in [0.25, 0.3) is 11.4 Å². The lowest BCUT2D eigenvalue weighted by atomic mass is 10.1. The highest BCUT2D eigenvalue weighted by atomic mass is 16.6. The molecule has 0 N–H and O–H groups in total. The van der Waals surface area contributed by atoms with Gasteiger partial charge in [-0.3, -0.25) is 24.6 Å². The van der Waals surface area contributed by atoms with E-state index in [1.54, 1.807) is 28.7 Å². The van der Waals surface area contributed by atoms with Crippen LogP contribution in [0.2, 0.25) is 0 Å². The average Bonchev–Trinajstić information content (AvgIpc) is 3.05. The molecule has 0 saturated carbocycles. The van der Waals surface area contributed by atoms with Crippen molar-refractivity contribution in [2.75, 3.05) is 0 Å². The van der Waals surface area contributed by atoms with Crippen LogP contribution in [0.25, 0.3) is 27.9 Å². The minimum Gasteiger partial charge on any atom is -0.275 e. The molecule has 0 amide bonds. The lowest BCUT2D eigenvalue weighted by Gasteiger charge is -2.08. The van der Waals surface area contributed by atoms with Gasteiger partial charge in [-0.25, -0.2) is 0 Å². The summed E-state index contributed by atoms with van der Waals surface area (Å²) in [6, 6.07) is 12.4. The Bertz CT molecular complexity index is 1210. The van der Waals surface area contributed by atoms with Gasteiger partial charge in [0.15, 0.2) is 11.5 Å². The van der Waals surface area contributed by atoms with Crippen LogP contribution in [0, 0.1) is 27.2 Å². The molecule has 4 rings (SSSR count). The van der Waals surface area contributed by atoms with Crippen LogP contribution in [0.5, 0.6) is 0 Å². The minimum atomic E-state index is -0.474. The third-order valence-corrected chi connectivity index (χ3v) is 4.21. The SMILES string of the molecule is Cc1cc2nnc(-c3cccc([N+](=O)[O-])c3)n2c2ccc([N+](=O)[O-])cc12. The summed E-state index contributed by atoms with van der Waals surface area (Å²) in [5.41, 5.74) is 2.56. The van der Waals surface area contributed by atoms with Crippen molar-refractivity contribution in [2.45, 2.75) is 6.92 Å². The van der Waals surface area contributed by atoms with Crippen molar-refractivity contribution in [1.29, 1.82) is 0 Å². The van der Waals surface area contributed by atoms with Crippen LogP contribution in [0.4, 0.5) is 11.4 Å². The highest BCUT2D eigenvalue weighted by Crippen LogP contribution is 2.30. The smallest absolute Gasteiger partial charge is 0.270 e. The van der Waals surface area contributed by atoms with Crippen molar-refractivity contribution >= 4 is 27.9 Å². The van der Waals surface area contributed by atoms with Crippen LogP contribution in [0.1, 0.15) is 5.56 Å². The van der Waals surface area contributed by atoms with Crippen molar-refractivity contribution in [3.05, 3.63) is 74.3 Å². The number of nitrogens with zero attached hydrogens (tertiary/aromatic N) is 5. The van der Waals surface area contributed by atoms with Crippen LogP contribution in [-0.4, -0.2) is 24.4 Å². The van der Waals surface area contributed by atoms with E-state index in [2.05, 4.69) is 10.2 Å². The van der Waals surface area contributed by atoms with Gasteiger partial charge in [-0.05, 0) is 24.6 Å². The monoisotopic (exact) mass is 349 g/mol. The molecule has 0 aliphatic heterocycles. The van der Waals surface area contributed by atoms with Gasteiger partial charge in [0.1, 0.15) is 0 Å². The maximum atomic E-state index is 11.1. The second kappa shape index (κ2) is 5.59. The highest BCUT2D eigenvalue weighted by Gasteiger charge is 2.17. The molecule has 9 heteroatoms. The molecule has 2 aromatic carbocycles. The molecule has 128 valence electrons. The normalized spacial score (nSPS) is 11.1. The Morgan fingerprint density at radius 2 is 1.65 bits per heavy atom. The number of benzene rings is 2. The Morgan fingerprint density at radius 3 is 2.38 bits per heavy atom. The first-order valence-corrected chi connectivity index (χ1v) is 7.63. The number of aromatic nitrogens is 3. The summed E-state index contributed by atoms with van der Waals surface area (Å²) in [6.07, 6.45) is 0. The topological polar surface area (TPSA) is 116 Å². The zero-order valence-corrected chi connectivity index (χ0v) is 13.5. The Balaban J connectivity index is 2.05. The predicted octanol–water partition coefficient (Wildman–Crippen LogP) is 3.67. The van der Waals surface area contributed by atoms with Crippen LogP contribution >= 0.6 is 0 Å². The van der Waals surface area contributed by atoms with Gasteiger partial charge in [0.2, 0.25) is 0 Å². The summed E-state index contributed by atoms with van der Waals surface area (Å²) in [5, 5.41) is 31.1. The summed E-state index contributed by atoms with van der Waals surface area (Å²) in [6.45, 7) is 1.84. The van der Waals surface area contributed by atoms with Gasteiger partial charge in [-0.1, -0.05) is 12.1 Å². The molecular formula is C17H11N5O4. The molecule has 26 heavy (non-hydrogen) atoms. The first-order valence-electron chi connectivity index (χ1n) is 7.63. The Hall–Kier alpha value is -3.88. The van der Waals surface area contributed by atoms with Gasteiger partial charge >= 0.3 is 0 Å². The van der Waals surface area contributed by atoms with E-state index >= 15 is 0 Å². The summed E-state index contributed by atoms with van der Waals surface area (Å²) in [7, 11) is 0. The molecule has 4 aromatic rings. The van der Waals surface area contributed by atoms with Crippen molar-refractivity contribution < 1.29 is 9.85 Å². The number of non-ortho nitro benzene ring substituents is 2. The summed E-state index contributed by atoms with van der Waals surface area (Å²) in [5.74, 6) is 0.433. The molecule has 0 unspecified atom stereocenters. The second-order valence-corrected chi connectivity index (χ2v) is 5.81. The van der Waals surface area contributed by atoms with E-state index in [0.717, 1.165) is 5.56 Å². The quantitative estimate of drug-likeness (QED) is 0.411. The lowest BCUT2D eigenvalue weighted by molar-refractivity contribution is -0.384. The van der Waals surface area contributed by atoms with Gasteiger partial charge in [-0.15, -0.1) is 10.2 Å². The van der Waals surface area contributed by atoms with E-state index < -0.39 is 9.85 Å². The molecule has 0 aliphatic rings. The van der Waals surface area contributed by atoms with E-state index in [9.17, 15) is 20.2 Å². The maximum Gasteiger partial charge on any atom is 0.270 e. The van der Waals surface area contributed by atoms with E-state index in [-0.39, 0.29) is 11.4 Å². The highest BCUT2D eigenvalue weighted by molar-refractivity contribution is 5.89. The minimum absolute atomic E-state index is 0.00933. The van der Waals surface area contributed by atoms with Gasteiger partial charge in [0, 0.05) is 35.2 Å². The molecular weight excluding hydrogens is 338 g/mol. The fraction of sp³-hybridized carbons (Fsp3) is 0.0588. The predicted molar refractivity (Wildman–Crippen MR) is 94.0 cm³/mol. The van der Waals surface area contributed by atoms with Crippen molar-refractivity contribution in [2.24, 2.45) is 0 Å².